The molecule has 1 saturated heterocycles. The summed E-state index contributed by atoms with van der Waals surface area (Å²) in [6.07, 6.45) is 2.50. The molecule has 1 aliphatic carbocycles. The molecule has 16 heavy (non-hydrogen) atoms. The second-order valence-electron chi connectivity index (χ2n) is 5.91. The van der Waals surface area contributed by atoms with E-state index in [2.05, 4.69) is 15.9 Å². The highest BCUT2D eigenvalue weighted by atomic mass is 79.9. The van der Waals surface area contributed by atoms with E-state index >= 15 is 0 Å². The third-order valence-electron chi connectivity index (χ3n) is 3.56. The third-order valence-corrected chi connectivity index (χ3v) is 4.56. The number of halogens is 1. The third kappa shape index (κ3) is 1.80. The molecule has 3 unspecified atom stereocenters. The van der Waals surface area contributed by atoms with Crippen molar-refractivity contribution in [2.45, 2.75) is 52.4 Å². The Labute approximate surface area is 105 Å². The Bertz CT molecular complexity index is 297. The number of cyclic esters (lactones) is 1. The van der Waals surface area contributed by atoms with Crippen molar-refractivity contribution >= 4 is 21.9 Å². The van der Waals surface area contributed by atoms with E-state index in [0.29, 0.717) is 5.33 Å². The topological polar surface area (TPSA) is 35.5 Å². The van der Waals surface area contributed by atoms with Crippen molar-refractivity contribution in [3.8, 4) is 0 Å². The molecule has 2 aliphatic rings. The Hall–Kier alpha value is -0.0900. The average Bonchev–Trinajstić information content (AvgIpc) is 2.60. The van der Waals surface area contributed by atoms with Gasteiger partial charge in [-0.15, -0.1) is 0 Å². The van der Waals surface area contributed by atoms with Crippen molar-refractivity contribution in [3.05, 3.63) is 0 Å². The van der Waals surface area contributed by atoms with Gasteiger partial charge in [0.2, 0.25) is 6.29 Å². The van der Waals surface area contributed by atoms with Crippen LogP contribution in [-0.4, -0.2) is 23.7 Å². The number of carbonyl (C=O) groups is 1. The quantitative estimate of drug-likeness (QED) is 0.550. The molecule has 2 rings (SSSR count). The van der Waals surface area contributed by atoms with E-state index in [-0.39, 0.29) is 17.5 Å². The molecule has 1 saturated carbocycles. The van der Waals surface area contributed by atoms with Gasteiger partial charge in [0, 0.05) is 10.7 Å². The molecule has 3 atom stereocenters. The lowest BCUT2D eigenvalue weighted by molar-refractivity contribution is -0.266. The fourth-order valence-corrected chi connectivity index (χ4v) is 3.32. The van der Waals surface area contributed by atoms with Gasteiger partial charge in [-0.1, -0.05) is 36.7 Å². The number of esters is 1. The zero-order valence-corrected chi connectivity index (χ0v) is 11.7. The Kier molecular flexibility index (Phi) is 3.08. The Balaban J connectivity index is 2.21. The average molecular weight is 291 g/mol. The Morgan fingerprint density at radius 3 is 2.75 bits per heavy atom. The highest BCUT2D eigenvalue weighted by Gasteiger charge is 2.56. The molecule has 1 heterocycles. The molecule has 92 valence electrons. The van der Waals surface area contributed by atoms with Crippen LogP contribution >= 0.6 is 15.9 Å². The molecule has 2 fully saturated rings. The molecule has 0 amide bonds. The molecule has 4 heteroatoms. The summed E-state index contributed by atoms with van der Waals surface area (Å²) in [5.74, 6) is -0.0851. The van der Waals surface area contributed by atoms with E-state index in [1.807, 2.05) is 20.8 Å². The first-order chi connectivity index (χ1) is 7.40. The first-order valence-electron chi connectivity index (χ1n) is 5.83. The molecule has 0 aromatic heterocycles. The predicted molar refractivity (Wildman–Crippen MR) is 64.3 cm³/mol. The number of fused-ring (bicyclic) bond motifs is 1. The summed E-state index contributed by atoms with van der Waals surface area (Å²) in [6.45, 7) is 6.09. The van der Waals surface area contributed by atoms with Crippen LogP contribution in [0.4, 0.5) is 0 Å². The number of rotatable bonds is 1. The summed E-state index contributed by atoms with van der Waals surface area (Å²) >= 11 is 3.44. The molecule has 0 radical (unpaired) electrons. The minimum absolute atomic E-state index is 0.0253. The zero-order chi connectivity index (χ0) is 12.0. The van der Waals surface area contributed by atoms with Crippen molar-refractivity contribution in [2.24, 2.45) is 10.8 Å². The number of ether oxygens (including phenoxy) is 2. The van der Waals surface area contributed by atoms with E-state index in [9.17, 15) is 4.79 Å². The molecular weight excluding hydrogens is 272 g/mol. The van der Waals surface area contributed by atoms with E-state index in [0.717, 1.165) is 19.3 Å². The lowest BCUT2D eigenvalue weighted by Crippen LogP contribution is -2.54. The van der Waals surface area contributed by atoms with Crippen LogP contribution in [0, 0.1) is 10.8 Å². The van der Waals surface area contributed by atoms with Gasteiger partial charge >= 0.3 is 5.97 Å². The minimum Gasteiger partial charge on any atom is -0.435 e. The monoisotopic (exact) mass is 290 g/mol. The van der Waals surface area contributed by atoms with Gasteiger partial charge in [-0.2, -0.15) is 0 Å². The van der Waals surface area contributed by atoms with Gasteiger partial charge in [0.15, 0.2) is 0 Å². The minimum atomic E-state index is -0.429. The van der Waals surface area contributed by atoms with Gasteiger partial charge in [-0.3, -0.25) is 4.79 Å². The van der Waals surface area contributed by atoms with Crippen molar-refractivity contribution in [2.75, 3.05) is 5.33 Å². The second kappa shape index (κ2) is 3.98. The molecule has 0 bridgehead atoms. The molecule has 1 aliphatic heterocycles. The summed E-state index contributed by atoms with van der Waals surface area (Å²) in [6, 6.07) is 0. The van der Waals surface area contributed by atoms with Crippen LogP contribution in [0.25, 0.3) is 0 Å². The maximum absolute atomic E-state index is 12.2. The van der Waals surface area contributed by atoms with Crippen LogP contribution < -0.4 is 0 Å². The fourth-order valence-electron chi connectivity index (χ4n) is 2.45. The summed E-state index contributed by atoms with van der Waals surface area (Å²) in [7, 11) is 0. The SMILES string of the molecule is CC(C)(C)C1OC(=O)C2(CBr)CCCC2O1. The van der Waals surface area contributed by atoms with Gasteiger partial charge in [0.05, 0.1) is 6.10 Å². The number of hydrogen-bond donors (Lipinski definition) is 0. The lowest BCUT2D eigenvalue weighted by atomic mass is 9.84. The second-order valence-corrected chi connectivity index (χ2v) is 6.47. The standard InChI is InChI=1S/C12H19BrO3/c1-11(2,3)10-15-8-5-4-6-12(8,7-13)9(14)16-10/h8,10H,4-7H2,1-3H3. The molecule has 0 aromatic carbocycles. The van der Waals surface area contributed by atoms with Crippen LogP contribution in [0.15, 0.2) is 0 Å². The fraction of sp³-hybridized carbons (Fsp3) is 0.917. The number of carbonyl (C=O) groups excluding carboxylic acids is 1. The maximum Gasteiger partial charge on any atom is 0.317 e. The smallest absolute Gasteiger partial charge is 0.317 e. The van der Waals surface area contributed by atoms with Crippen molar-refractivity contribution in [1.82, 2.24) is 0 Å². The first-order valence-corrected chi connectivity index (χ1v) is 6.95. The van der Waals surface area contributed by atoms with Crippen LogP contribution in [0.1, 0.15) is 40.0 Å². The lowest BCUT2D eigenvalue weighted by Gasteiger charge is -2.43. The van der Waals surface area contributed by atoms with Crippen LogP contribution in [0.2, 0.25) is 0 Å². The molecular formula is C12H19BrO3. The largest absolute Gasteiger partial charge is 0.435 e. The van der Waals surface area contributed by atoms with Crippen LogP contribution in [0.5, 0.6) is 0 Å². The zero-order valence-electron chi connectivity index (χ0n) is 10.1. The van der Waals surface area contributed by atoms with Crippen molar-refractivity contribution < 1.29 is 14.3 Å². The van der Waals surface area contributed by atoms with Gasteiger partial charge in [-0.25, -0.2) is 0 Å². The van der Waals surface area contributed by atoms with Gasteiger partial charge in [0.1, 0.15) is 5.41 Å². The van der Waals surface area contributed by atoms with Gasteiger partial charge < -0.3 is 9.47 Å². The normalized spacial score (nSPS) is 39.4. The predicted octanol–water partition coefficient (Wildman–Crippen LogP) is 2.87. The van der Waals surface area contributed by atoms with Crippen LogP contribution in [-0.2, 0) is 14.3 Å². The Morgan fingerprint density at radius 1 is 1.50 bits per heavy atom. The summed E-state index contributed by atoms with van der Waals surface area (Å²) in [5, 5.41) is 0.639. The summed E-state index contributed by atoms with van der Waals surface area (Å²) in [4.78, 5) is 12.2. The van der Waals surface area contributed by atoms with E-state index in [1.165, 1.54) is 0 Å². The molecule has 0 N–H and O–H groups in total. The van der Waals surface area contributed by atoms with Crippen molar-refractivity contribution in [3.63, 3.8) is 0 Å². The Morgan fingerprint density at radius 2 is 2.19 bits per heavy atom. The van der Waals surface area contributed by atoms with Crippen LogP contribution in [0.3, 0.4) is 0 Å². The van der Waals surface area contributed by atoms with E-state index in [4.69, 9.17) is 9.47 Å². The van der Waals surface area contributed by atoms with E-state index in [1.54, 1.807) is 0 Å². The highest BCUT2D eigenvalue weighted by molar-refractivity contribution is 9.09. The number of alkyl halides is 1. The summed E-state index contributed by atoms with van der Waals surface area (Å²) < 4.78 is 11.4. The highest BCUT2D eigenvalue weighted by Crippen LogP contribution is 2.48. The summed E-state index contributed by atoms with van der Waals surface area (Å²) in [5.41, 5.74) is -0.585. The maximum atomic E-state index is 12.2. The van der Waals surface area contributed by atoms with Gasteiger partial charge in [-0.05, 0) is 19.3 Å². The van der Waals surface area contributed by atoms with Crippen molar-refractivity contribution in [1.29, 1.82) is 0 Å². The first kappa shape index (κ1) is 12.4. The molecule has 3 nitrogen and oxygen atoms in total. The molecule has 0 aromatic rings. The molecule has 0 spiro atoms. The number of hydrogen-bond acceptors (Lipinski definition) is 3. The van der Waals surface area contributed by atoms with E-state index < -0.39 is 11.7 Å². The van der Waals surface area contributed by atoms with Gasteiger partial charge in [0.25, 0.3) is 0 Å².